The largest absolute Gasteiger partial charge is 0.377 e. The summed E-state index contributed by atoms with van der Waals surface area (Å²) in [4.78, 5) is 16.6. The molecule has 0 atom stereocenters. The molecule has 2 aromatic rings. The summed E-state index contributed by atoms with van der Waals surface area (Å²) in [6, 6.07) is 11.7. The van der Waals surface area contributed by atoms with Crippen LogP contribution in [0.15, 0.2) is 51.8 Å². The lowest BCUT2D eigenvalue weighted by Gasteiger charge is -2.15. The molecule has 7 heteroatoms. The number of anilines is 2. The third-order valence-corrected chi connectivity index (χ3v) is 5.55. The van der Waals surface area contributed by atoms with Crippen LogP contribution in [0, 0.1) is 5.82 Å². The van der Waals surface area contributed by atoms with Gasteiger partial charge in [0.25, 0.3) is 5.91 Å². The van der Waals surface area contributed by atoms with E-state index in [1.165, 1.54) is 28.8 Å². The highest BCUT2D eigenvalue weighted by atomic mass is 79.9. The van der Waals surface area contributed by atoms with Gasteiger partial charge in [-0.2, -0.15) is 0 Å². The molecule has 0 bridgehead atoms. The molecule has 2 aromatic carbocycles. The molecule has 1 saturated heterocycles. The van der Waals surface area contributed by atoms with Crippen LogP contribution in [0.2, 0.25) is 0 Å². The van der Waals surface area contributed by atoms with E-state index < -0.39 is 5.82 Å². The Kier molecular flexibility index (Phi) is 5.27. The van der Waals surface area contributed by atoms with Gasteiger partial charge in [0.2, 0.25) is 0 Å². The average Bonchev–Trinajstić information content (AvgIpc) is 2.81. The van der Waals surface area contributed by atoms with Gasteiger partial charge in [0.1, 0.15) is 5.82 Å². The predicted octanol–water partition coefficient (Wildman–Crippen LogP) is 5.06. The lowest BCUT2D eigenvalue weighted by Crippen LogP contribution is -2.27. The molecule has 0 N–H and O–H groups in total. The van der Waals surface area contributed by atoms with Crippen LogP contribution >= 0.6 is 39.9 Å². The summed E-state index contributed by atoms with van der Waals surface area (Å²) in [5.41, 5.74) is 2.37. The van der Waals surface area contributed by atoms with E-state index in [0.717, 1.165) is 15.7 Å². The Bertz CT molecular complexity index is 898. The quantitative estimate of drug-likeness (QED) is 0.495. The van der Waals surface area contributed by atoms with Gasteiger partial charge in [-0.3, -0.25) is 9.69 Å². The summed E-state index contributed by atoms with van der Waals surface area (Å²) in [5, 5.41) is 0. The van der Waals surface area contributed by atoms with Crippen molar-refractivity contribution in [3.63, 3.8) is 0 Å². The Morgan fingerprint density at radius 3 is 2.64 bits per heavy atom. The first-order valence-corrected chi connectivity index (χ1v) is 9.39. The van der Waals surface area contributed by atoms with Gasteiger partial charge in [-0.1, -0.05) is 36.1 Å². The van der Waals surface area contributed by atoms with Gasteiger partial charge in [-0.15, -0.1) is 0 Å². The highest BCUT2D eigenvalue weighted by Gasteiger charge is 2.33. The number of carbonyl (C=O) groups excluding carboxylic acids is 1. The minimum absolute atomic E-state index is 0.242. The third-order valence-electron chi connectivity index (χ3n) is 3.61. The Morgan fingerprint density at radius 1 is 1.24 bits per heavy atom. The van der Waals surface area contributed by atoms with Gasteiger partial charge in [0, 0.05) is 18.6 Å². The molecule has 1 aliphatic heterocycles. The maximum Gasteiger partial charge on any atom is 0.270 e. The molecule has 0 saturated carbocycles. The van der Waals surface area contributed by atoms with Crippen molar-refractivity contribution in [1.82, 2.24) is 0 Å². The van der Waals surface area contributed by atoms with Crippen molar-refractivity contribution in [3.8, 4) is 0 Å². The fourth-order valence-corrected chi connectivity index (χ4v) is 4.48. The molecule has 1 amide bonds. The van der Waals surface area contributed by atoms with E-state index in [1.807, 2.05) is 37.2 Å². The molecule has 0 aliphatic carbocycles. The fourth-order valence-electron chi connectivity index (χ4n) is 2.43. The first-order chi connectivity index (χ1) is 11.9. The average molecular weight is 437 g/mol. The number of hydrogen-bond acceptors (Lipinski definition) is 4. The van der Waals surface area contributed by atoms with E-state index in [-0.39, 0.29) is 5.91 Å². The Labute approximate surface area is 163 Å². The minimum Gasteiger partial charge on any atom is -0.377 e. The highest BCUT2D eigenvalue weighted by molar-refractivity contribution is 9.10. The number of benzene rings is 2. The molecular formula is C18H14BrFN2OS2. The Morgan fingerprint density at radius 2 is 2.00 bits per heavy atom. The third kappa shape index (κ3) is 3.78. The van der Waals surface area contributed by atoms with Gasteiger partial charge in [0.15, 0.2) is 4.32 Å². The lowest BCUT2D eigenvalue weighted by atomic mass is 10.2. The van der Waals surface area contributed by atoms with Crippen molar-refractivity contribution in [3.05, 3.63) is 63.2 Å². The van der Waals surface area contributed by atoms with Crippen LogP contribution in [0.5, 0.6) is 0 Å². The summed E-state index contributed by atoms with van der Waals surface area (Å²) < 4.78 is 14.8. The molecule has 3 nitrogen and oxygen atoms in total. The summed E-state index contributed by atoms with van der Waals surface area (Å²) in [7, 11) is 3.92. The molecule has 25 heavy (non-hydrogen) atoms. The van der Waals surface area contributed by atoms with Gasteiger partial charge in [-0.25, -0.2) is 4.39 Å². The molecule has 1 fully saturated rings. The first-order valence-electron chi connectivity index (χ1n) is 7.37. The zero-order chi connectivity index (χ0) is 18.1. The van der Waals surface area contributed by atoms with Crippen LogP contribution in [-0.2, 0) is 4.79 Å². The van der Waals surface area contributed by atoms with E-state index in [9.17, 15) is 9.18 Å². The number of amides is 1. The van der Waals surface area contributed by atoms with Crippen molar-refractivity contribution in [2.24, 2.45) is 0 Å². The Hall–Kier alpha value is -1.70. The number of hydrogen-bond donors (Lipinski definition) is 0. The van der Waals surface area contributed by atoms with E-state index in [0.29, 0.717) is 14.9 Å². The highest BCUT2D eigenvalue weighted by Crippen LogP contribution is 2.37. The summed E-state index contributed by atoms with van der Waals surface area (Å²) >= 11 is 10.1. The van der Waals surface area contributed by atoms with Crippen LogP contribution in [-0.4, -0.2) is 24.3 Å². The van der Waals surface area contributed by atoms with E-state index in [2.05, 4.69) is 15.9 Å². The molecule has 1 aliphatic rings. The van der Waals surface area contributed by atoms with E-state index >= 15 is 0 Å². The number of thiocarbonyl (C=S) groups is 1. The van der Waals surface area contributed by atoms with Crippen molar-refractivity contribution in [2.75, 3.05) is 23.9 Å². The summed E-state index contributed by atoms with van der Waals surface area (Å²) in [6.07, 6.45) is 1.79. The molecule has 1 heterocycles. The van der Waals surface area contributed by atoms with Crippen LogP contribution in [0.4, 0.5) is 15.8 Å². The SMILES string of the molecule is CN(C)c1ccc(C=C2SC(=S)N(c3cccc(F)c3)C2=O)cc1Br. The van der Waals surface area contributed by atoms with E-state index in [1.54, 1.807) is 18.2 Å². The predicted molar refractivity (Wildman–Crippen MR) is 111 cm³/mol. The normalized spacial score (nSPS) is 16.0. The van der Waals surface area contributed by atoms with Crippen molar-refractivity contribution in [1.29, 1.82) is 0 Å². The van der Waals surface area contributed by atoms with Crippen LogP contribution in [0.3, 0.4) is 0 Å². The van der Waals surface area contributed by atoms with Crippen molar-refractivity contribution in [2.45, 2.75) is 0 Å². The lowest BCUT2D eigenvalue weighted by molar-refractivity contribution is -0.113. The minimum atomic E-state index is -0.404. The zero-order valence-electron chi connectivity index (χ0n) is 13.5. The van der Waals surface area contributed by atoms with Crippen LogP contribution < -0.4 is 9.80 Å². The van der Waals surface area contributed by atoms with Crippen LogP contribution in [0.25, 0.3) is 6.08 Å². The standard InChI is InChI=1S/C18H14BrFN2OS2/c1-21(2)15-7-6-11(8-14(15)19)9-16-17(23)22(18(24)25-16)13-5-3-4-12(20)10-13/h3-10H,1-2H3. The fraction of sp³-hybridized carbons (Fsp3) is 0.111. The first kappa shape index (κ1) is 18.1. The molecule has 3 rings (SSSR count). The monoisotopic (exact) mass is 436 g/mol. The van der Waals surface area contributed by atoms with Gasteiger partial charge < -0.3 is 4.90 Å². The number of thioether (sulfide) groups is 1. The molecular weight excluding hydrogens is 423 g/mol. The second-order valence-electron chi connectivity index (χ2n) is 5.60. The number of nitrogens with zero attached hydrogens (tertiary/aromatic N) is 2. The number of rotatable bonds is 3. The smallest absolute Gasteiger partial charge is 0.270 e. The summed E-state index contributed by atoms with van der Waals surface area (Å²) in [5.74, 6) is -0.646. The summed E-state index contributed by atoms with van der Waals surface area (Å²) in [6.45, 7) is 0. The van der Waals surface area contributed by atoms with Gasteiger partial charge in [-0.05, 0) is 57.9 Å². The maximum atomic E-state index is 13.5. The molecule has 0 unspecified atom stereocenters. The van der Waals surface area contributed by atoms with Crippen molar-refractivity contribution < 1.29 is 9.18 Å². The Balaban J connectivity index is 1.92. The van der Waals surface area contributed by atoms with Gasteiger partial charge >= 0.3 is 0 Å². The molecule has 0 aromatic heterocycles. The number of halogens is 2. The van der Waals surface area contributed by atoms with E-state index in [4.69, 9.17) is 12.2 Å². The second-order valence-corrected chi connectivity index (χ2v) is 8.13. The number of carbonyl (C=O) groups is 1. The molecule has 128 valence electrons. The van der Waals surface area contributed by atoms with Crippen LogP contribution in [0.1, 0.15) is 5.56 Å². The van der Waals surface area contributed by atoms with Gasteiger partial charge in [0.05, 0.1) is 16.3 Å². The molecule has 0 radical (unpaired) electrons. The molecule has 0 spiro atoms. The topological polar surface area (TPSA) is 23.6 Å². The maximum absolute atomic E-state index is 13.5. The zero-order valence-corrected chi connectivity index (χ0v) is 16.7. The second kappa shape index (κ2) is 7.27. The van der Waals surface area contributed by atoms with Crippen molar-refractivity contribution >= 4 is 67.6 Å².